The fourth-order valence-electron chi connectivity index (χ4n) is 1.85. The van der Waals surface area contributed by atoms with E-state index in [1.165, 1.54) is 0 Å². The van der Waals surface area contributed by atoms with Gasteiger partial charge in [0.25, 0.3) is 0 Å². The molecule has 5 heteroatoms. The van der Waals surface area contributed by atoms with Crippen molar-refractivity contribution in [2.24, 2.45) is 0 Å². The van der Waals surface area contributed by atoms with E-state index < -0.39 is 0 Å². The number of likely N-dealkylation sites (N-methyl/N-ethyl adjacent to an activating group) is 1. The van der Waals surface area contributed by atoms with Crippen molar-refractivity contribution in [2.75, 3.05) is 7.05 Å². The smallest absolute Gasteiger partial charge is 0.241 e. The molecular weight excluding hydrogens is 192 g/mol. The van der Waals surface area contributed by atoms with Gasteiger partial charge in [0.15, 0.2) is 0 Å². The van der Waals surface area contributed by atoms with Crippen molar-refractivity contribution in [1.82, 2.24) is 20.2 Å². The molecule has 2 N–H and O–H groups in total. The lowest BCUT2D eigenvalue weighted by atomic mass is 10.1. The van der Waals surface area contributed by atoms with Gasteiger partial charge in [0.2, 0.25) is 5.91 Å². The summed E-state index contributed by atoms with van der Waals surface area (Å²) < 4.78 is 0. The fraction of sp³-hybridized carbons (Fsp3) is 0.600. The first-order valence-electron chi connectivity index (χ1n) is 5.03. The summed E-state index contributed by atoms with van der Waals surface area (Å²) in [6.07, 6.45) is 4.04. The topological polar surface area (TPSA) is 61.0 Å². The summed E-state index contributed by atoms with van der Waals surface area (Å²) in [4.78, 5) is 20.6. The molecule has 1 saturated heterocycles. The van der Waals surface area contributed by atoms with Gasteiger partial charge in [-0.25, -0.2) is 4.98 Å². The predicted molar refractivity (Wildman–Crippen MR) is 56.1 cm³/mol. The quantitative estimate of drug-likeness (QED) is 0.725. The highest BCUT2D eigenvalue weighted by molar-refractivity contribution is 5.85. The summed E-state index contributed by atoms with van der Waals surface area (Å²) in [6, 6.07) is -0.148. The molecule has 1 atom stereocenters. The highest BCUT2D eigenvalue weighted by Crippen LogP contribution is 2.20. The van der Waals surface area contributed by atoms with Gasteiger partial charge < -0.3 is 9.88 Å². The maximum Gasteiger partial charge on any atom is 0.241 e. The molecule has 5 nitrogen and oxygen atoms in total. The zero-order valence-electron chi connectivity index (χ0n) is 9.24. The molecule has 1 aliphatic rings. The number of hydrogen-bond acceptors (Lipinski definition) is 3. The number of nitrogens with zero attached hydrogens (tertiary/aromatic N) is 2. The molecule has 1 aromatic rings. The van der Waals surface area contributed by atoms with Gasteiger partial charge in [-0.2, -0.15) is 0 Å². The number of aromatic amines is 1. The van der Waals surface area contributed by atoms with E-state index in [1.54, 1.807) is 17.4 Å². The maximum absolute atomic E-state index is 11.9. The van der Waals surface area contributed by atoms with E-state index in [9.17, 15) is 4.79 Å². The van der Waals surface area contributed by atoms with E-state index in [4.69, 9.17) is 0 Å². The fourth-order valence-corrected chi connectivity index (χ4v) is 1.85. The minimum absolute atomic E-state index is 0.134. The van der Waals surface area contributed by atoms with Crippen LogP contribution in [0.1, 0.15) is 19.5 Å². The first-order valence-corrected chi connectivity index (χ1v) is 5.03. The molecule has 0 aromatic carbocycles. The third-order valence-electron chi connectivity index (χ3n) is 2.97. The van der Waals surface area contributed by atoms with Gasteiger partial charge in [-0.1, -0.05) is 0 Å². The molecule has 0 saturated carbocycles. The Morgan fingerprint density at radius 2 is 2.33 bits per heavy atom. The Kier molecular flexibility index (Phi) is 2.26. The number of carbonyl (C=O) groups is 1. The number of imidazole rings is 1. The van der Waals surface area contributed by atoms with Gasteiger partial charge in [0, 0.05) is 25.4 Å². The monoisotopic (exact) mass is 208 g/mol. The lowest BCUT2D eigenvalue weighted by Gasteiger charge is -2.27. The molecule has 15 heavy (non-hydrogen) atoms. The number of H-pyrrole nitrogens is 1. The summed E-state index contributed by atoms with van der Waals surface area (Å²) in [6.45, 7) is 4.00. The number of carbonyl (C=O) groups excluding carboxylic acids is 1. The molecule has 0 unspecified atom stereocenters. The second kappa shape index (κ2) is 3.34. The van der Waals surface area contributed by atoms with E-state index in [-0.39, 0.29) is 17.6 Å². The van der Waals surface area contributed by atoms with E-state index in [0.717, 1.165) is 5.69 Å². The van der Waals surface area contributed by atoms with Crippen molar-refractivity contribution in [3.8, 4) is 0 Å². The van der Waals surface area contributed by atoms with E-state index in [0.29, 0.717) is 6.42 Å². The Balaban J connectivity index is 2.10. The highest BCUT2D eigenvalue weighted by Gasteiger charge is 2.41. The number of aromatic nitrogens is 2. The molecule has 82 valence electrons. The molecule has 0 spiro atoms. The first-order chi connectivity index (χ1) is 7.00. The number of hydrogen-bond donors (Lipinski definition) is 2. The van der Waals surface area contributed by atoms with Crippen LogP contribution in [0.15, 0.2) is 12.5 Å². The zero-order chi connectivity index (χ0) is 11.1. The largest absolute Gasteiger partial charge is 0.348 e. The van der Waals surface area contributed by atoms with Crippen molar-refractivity contribution in [2.45, 2.75) is 32.0 Å². The highest BCUT2D eigenvalue weighted by atomic mass is 16.2. The van der Waals surface area contributed by atoms with Crippen LogP contribution >= 0.6 is 0 Å². The van der Waals surface area contributed by atoms with Gasteiger partial charge in [-0.05, 0) is 13.8 Å². The van der Waals surface area contributed by atoms with E-state index >= 15 is 0 Å². The van der Waals surface area contributed by atoms with Crippen LogP contribution in [0.5, 0.6) is 0 Å². The molecule has 0 aliphatic carbocycles. The van der Waals surface area contributed by atoms with Crippen LogP contribution in [-0.2, 0) is 11.2 Å². The van der Waals surface area contributed by atoms with Gasteiger partial charge in [0.05, 0.1) is 18.0 Å². The van der Waals surface area contributed by atoms with Crippen molar-refractivity contribution in [1.29, 1.82) is 0 Å². The summed E-state index contributed by atoms with van der Waals surface area (Å²) in [5.41, 5.74) is 0.717. The minimum Gasteiger partial charge on any atom is -0.348 e. The van der Waals surface area contributed by atoms with Gasteiger partial charge in [-0.15, -0.1) is 0 Å². The second-order valence-corrected chi connectivity index (χ2v) is 4.43. The van der Waals surface area contributed by atoms with Crippen molar-refractivity contribution in [3.63, 3.8) is 0 Å². The van der Waals surface area contributed by atoms with E-state index in [1.807, 2.05) is 20.9 Å². The number of amides is 1. The van der Waals surface area contributed by atoms with Gasteiger partial charge >= 0.3 is 0 Å². The van der Waals surface area contributed by atoms with Crippen molar-refractivity contribution >= 4 is 5.91 Å². The van der Waals surface area contributed by atoms with Crippen LogP contribution in [-0.4, -0.2) is 39.5 Å². The molecule has 0 bridgehead atoms. The van der Waals surface area contributed by atoms with Crippen LogP contribution in [0, 0.1) is 0 Å². The normalized spacial score (nSPS) is 24.9. The first kappa shape index (κ1) is 10.2. The molecule has 1 aromatic heterocycles. The molecule has 0 radical (unpaired) electrons. The Bertz CT molecular complexity index is 358. The maximum atomic E-state index is 11.9. The third-order valence-corrected chi connectivity index (χ3v) is 2.97. The molecule has 2 rings (SSSR count). The van der Waals surface area contributed by atoms with Gasteiger partial charge in [0.1, 0.15) is 0 Å². The summed E-state index contributed by atoms with van der Waals surface area (Å²) >= 11 is 0. The average molecular weight is 208 g/mol. The van der Waals surface area contributed by atoms with Crippen molar-refractivity contribution in [3.05, 3.63) is 18.2 Å². The second-order valence-electron chi connectivity index (χ2n) is 4.43. The molecule has 1 fully saturated rings. The molecular formula is C10H16N4O. The third kappa shape index (κ3) is 1.74. The average Bonchev–Trinajstić information content (AvgIpc) is 2.72. The Labute approximate surface area is 88.9 Å². The minimum atomic E-state index is -0.262. The van der Waals surface area contributed by atoms with Crippen LogP contribution in [0.2, 0.25) is 0 Å². The van der Waals surface area contributed by atoms with E-state index in [2.05, 4.69) is 15.3 Å². The molecule has 1 amide bonds. The van der Waals surface area contributed by atoms with Crippen LogP contribution in [0.4, 0.5) is 0 Å². The van der Waals surface area contributed by atoms with Crippen LogP contribution in [0.25, 0.3) is 0 Å². The standard InChI is InChI=1S/C10H16N4O/c1-10(2)13-8(9(15)14(10)3)4-7-5-11-6-12-7/h5-6,8,13H,4H2,1-3H3,(H,11,12)/t8-/m0/s1. The van der Waals surface area contributed by atoms with Gasteiger partial charge in [-0.3, -0.25) is 10.1 Å². The Morgan fingerprint density at radius 3 is 2.80 bits per heavy atom. The summed E-state index contributed by atoms with van der Waals surface area (Å²) in [7, 11) is 1.82. The van der Waals surface area contributed by atoms with Crippen LogP contribution in [0.3, 0.4) is 0 Å². The number of nitrogens with one attached hydrogen (secondary N) is 2. The predicted octanol–water partition coefficient (Wildman–Crippen LogP) is 0.118. The summed E-state index contributed by atoms with van der Waals surface area (Å²) in [5.74, 6) is 0.134. The molecule has 1 aliphatic heterocycles. The lowest BCUT2D eigenvalue weighted by molar-refractivity contribution is -0.129. The Hall–Kier alpha value is -1.36. The SMILES string of the molecule is CN1C(=O)[C@H](Cc2cnc[nH]2)NC1(C)C. The Morgan fingerprint density at radius 1 is 1.60 bits per heavy atom. The zero-order valence-corrected chi connectivity index (χ0v) is 9.24. The molecule has 2 heterocycles. The van der Waals surface area contributed by atoms with Crippen molar-refractivity contribution < 1.29 is 4.79 Å². The number of rotatable bonds is 2. The lowest BCUT2D eigenvalue weighted by Crippen LogP contribution is -2.45. The summed E-state index contributed by atoms with van der Waals surface area (Å²) in [5, 5.41) is 3.30. The van der Waals surface area contributed by atoms with Crippen LogP contribution < -0.4 is 5.32 Å².